The minimum Gasteiger partial charge on any atom is -0.351 e. The molecule has 1 aliphatic carbocycles. The molecule has 0 heterocycles. The normalized spacial score (nSPS) is 17.2. The summed E-state index contributed by atoms with van der Waals surface area (Å²) in [7, 11) is 0. The van der Waals surface area contributed by atoms with E-state index in [-0.39, 0.29) is 5.91 Å². The zero-order chi connectivity index (χ0) is 14.6. The zero-order valence-electron chi connectivity index (χ0n) is 11.3. The van der Waals surface area contributed by atoms with Crippen LogP contribution in [0.2, 0.25) is 0 Å². The zero-order valence-corrected chi connectivity index (χ0v) is 11.3. The van der Waals surface area contributed by atoms with E-state index >= 15 is 0 Å². The molecule has 6 nitrogen and oxygen atoms in total. The van der Waals surface area contributed by atoms with Crippen molar-refractivity contribution in [1.82, 2.24) is 0 Å². The molecule has 1 aliphatic rings. The molecule has 0 aliphatic heterocycles. The highest BCUT2D eigenvalue weighted by Gasteiger charge is 2.35. The fourth-order valence-electron chi connectivity index (χ4n) is 2.44. The van der Waals surface area contributed by atoms with E-state index in [1.807, 2.05) is 0 Å². The Morgan fingerprint density at radius 3 is 1.95 bits per heavy atom. The topological polar surface area (TPSA) is 110 Å². The van der Waals surface area contributed by atoms with Crippen LogP contribution in [0, 0.1) is 0 Å². The van der Waals surface area contributed by atoms with Gasteiger partial charge in [0, 0.05) is 11.4 Å². The Kier molecular flexibility index (Phi) is 4.24. The molecule has 1 aromatic rings. The van der Waals surface area contributed by atoms with Crippen LogP contribution in [0.4, 0.5) is 16.2 Å². The van der Waals surface area contributed by atoms with Crippen molar-refractivity contribution in [3.05, 3.63) is 24.3 Å². The Labute approximate surface area is 117 Å². The molecule has 1 aromatic carbocycles. The molecule has 1 saturated carbocycles. The molecule has 0 bridgehead atoms. The molecule has 0 atom stereocenters. The number of hydrogen-bond acceptors (Lipinski definition) is 3. The number of hydrogen-bond donors (Lipinski definition) is 4. The average molecular weight is 276 g/mol. The molecule has 0 radical (unpaired) electrons. The quantitative estimate of drug-likeness (QED) is 0.675. The largest absolute Gasteiger partial charge is 0.351 e. The predicted molar refractivity (Wildman–Crippen MR) is 78.3 cm³/mol. The summed E-state index contributed by atoms with van der Waals surface area (Å²) >= 11 is 0. The van der Waals surface area contributed by atoms with Gasteiger partial charge in [0.15, 0.2) is 0 Å². The van der Waals surface area contributed by atoms with Gasteiger partial charge in [-0.3, -0.25) is 4.79 Å². The number of rotatable bonds is 3. The van der Waals surface area contributed by atoms with Gasteiger partial charge in [-0.15, -0.1) is 0 Å². The Hall–Kier alpha value is -2.08. The lowest BCUT2D eigenvalue weighted by Gasteiger charge is -2.31. The van der Waals surface area contributed by atoms with Crippen molar-refractivity contribution in [1.29, 1.82) is 0 Å². The third kappa shape index (κ3) is 3.48. The van der Waals surface area contributed by atoms with Gasteiger partial charge in [0.05, 0.1) is 5.54 Å². The van der Waals surface area contributed by atoms with Crippen LogP contribution in [0.5, 0.6) is 0 Å². The first-order valence-electron chi connectivity index (χ1n) is 6.76. The summed E-state index contributed by atoms with van der Waals surface area (Å²) in [6.45, 7) is 0. The molecular weight excluding hydrogens is 256 g/mol. The SMILES string of the molecule is NC(=O)Nc1ccc(NC(=O)C2(N)CCCCC2)cc1. The number of urea groups is 1. The molecule has 0 aromatic heterocycles. The molecule has 20 heavy (non-hydrogen) atoms. The van der Waals surface area contributed by atoms with E-state index in [9.17, 15) is 9.59 Å². The second-order valence-corrected chi connectivity index (χ2v) is 5.24. The summed E-state index contributed by atoms with van der Waals surface area (Å²) in [6.07, 6.45) is 4.57. The first-order chi connectivity index (χ1) is 9.49. The van der Waals surface area contributed by atoms with Crippen LogP contribution in [-0.2, 0) is 4.79 Å². The van der Waals surface area contributed by atoms with Crippen LogP contribution >= 0.6 is 0 Å². The van der Waals surface area contributed by atoms with Gasteiger partial charge in [0.25, 0.3) is 0 Å². The van der Waals surface area contributed by atoms with Crippen molar-refractivity contribution in [2.24, 2.45) is 11.5 Å². The molecule has 1 fully saturated rings. The second kappa shape index (κ2) is 5.92. The van der Waals surface area contributed by atoms with Crippen LogP contribution in [0.1, 0.15) is 32.1 Å². The highest BCUT2D eigenvalue weighted by molar-refractivity contribution is 5.98. The van der Waals surface area contributed by atoms with Crippen molar-refractivity contribution in [2.45, 2.75) is 37.6 Å². The fraction of sp³-hybridized carbons (Fsp3) is 0.429. The number of carbonyl (C=O) groups excluding carboxylic acids is 2. The van der Waals surface area contributed by atoms with E-state index in [0.717, 1.165) is 32.1 Å². The number of primary amides is 1. The van der Waals surface area contributed by atoms with E-state index < -0.39 is 11.6 Å². The molecule has 108 valence electrons. The van der Waals surface area contributed by atoms with Crippen molar-refractivity contribution in [2.75, 3.05) is 10.6 Å². The van der Waals surface area contributed by atoms with E-state index in [1.165, 1.54) is 0 Å². The lowest BCUT2D eigenvalue weighted by molar-refractivity contribution is -0.122. The number of anilines is 2. The molecule has 0 saturated heterocycles. The monoisotopic (exact) mass is 276 g/mol. The molecule has 0 spiro atoms. The molecule has 3 amide bonds. The number of benzene rings is 1. The maximum absolute atomic E-state index is 12.2. The fourth-order valence-corrected chi connectivity index (χ4v) is 2.44. The van der Waals surface area contributed by atoms with Gasteiger partial charge >= 0.3 is 6.03 Å². The Bertz CT molecular complexity index is 492. The van der Waals surface area contributed by atoms with Gasteiger partial charge < -0.3 is 22.1 Å². The summed E-state index contributed by atoms with van der Waals surface area (Å²) in [4.78, 5) is 22.9. The van der Waals surface area contributed by atoms with Crippen molar-refractivity contribution < 1.29 is 9.59 Å². The summed E-state index contributed by atoms with van der Waals surface area (Å²) in [5, 5.41) is 5.28. The summed E-state index contributed by atoms with van der Waals surface area (Å²) in [5.74, 6) is -0.146. The van der Waals surface area contributed by atoms with Gasteiger partial charge in [0.2, 0.25) is 5.91 Å². The van der Waals surface area contributed by atoms with Crippen LogP contribution in [0.25, 0.3) is 0 Å². The number of carbonyl (C=O) groups is 2. The molecular formula is C14H20N4O2. The van der Waals surface area contributed by atoms with Crippen LogP contribution in [0.3, 0.4) is 0 Å². The highest BCUT2D eigenvalue weighted by atomic mass is 16.2. The lowest BCUT2D eigenvalue weighted by Crippen LogP contribution is -2.52. The number of nitrogens with two attached hydrogens (primary N) is 2. The third-order valence-electron chi connectivity index (χ3n) is 3.61. The molecule has 6 heteroatoms. The van der Waals surface area contributed by atoms with E-state index in [4.69, 9.17) is 11.5 Å². The summed E-state index contributed by atoms with van der Waals surface area (Å²) < 4.78 is 0. The van der Waals surface area contributed by atoms with Crippen molar-refractivity contribution in [3.63, 3.8) is 0 Å². The van der Waals surface area contributed by atoms with E-state index in [0.29, 0.717) is 11.4 Å². The van der Waals surface area contributed by atoms with Gasteiger partial charge in [-0.05, 0) is 37.1 Å². The van der Waals surface area contributed by atoms with E-state index in [2.05, 4.69) is 10.6 Å². The smallest absolute Gasteiger partial charge is 0.316 e. The van der Waals surface area contributed by atoms with Gasteiger partial charge in [-0.25, -0.2) is 4.79 Å². The van der Waals surface area contributed by atoms with Crippen LogP contribution in [0.15, 0.2) is 24.3 Å². The van der Waals surface area contributed by atoms with Crippen LogP contribution in [-0.4, -0.2) is 17.5 Å². The first kappa shape index (κ1) is 14.3. The molecule has 0 unspecified atom stereocenters. The molecule has 2 rings (SSSR count). The summed E-state index contributed by atoms with van der Waals surface area (Å²) in [5.41, 5.74) is 11.7. The standard InChI is InChI=1S/C14H20N4O2/c15-13(20)18-11-6-4-10(5-7-11)17-12(19)14(16)8-2-1-3-9-14/h4-7H,1-3,8-9,16H2,(H,17,19)(H3,15,18,20). The number of nitrogens with one attached hydrogen (secondary N) is 2. The summed E-state index contributed by atoms with van der Waals surface area (Å²) in [6, 6.07) is 6.13. The average Bonchev–Trinajstić information content (AvgIpc) is 2.41. The lowest BCUT2D eigenvalue weighted by atomic mass is 9.82. The maximum atomic E-state index is 12.2. The van der Waals surface area contributed by atoms with E-state index in [1.54, 1.807) is 24.3 Å². The third-order valence-corrected chi connectivity index (χ3v) is 3.61. The van der Waals surface area contributed by atoms with Gasteiger partial charge in [-0.1, -0.05) is 19.3 Å². The Balaban J connectivity index is 1.98. The molecule has 6 N–H and O–H groups in total. The maximum Gasteiger partial charge on any atom is 0.316 e. The highest BCUT2D eigenvalue weighted by Crippen LogP contribution is 2.27. The number of amides is 3. The Morgan fingerprint density at radius 1 is 0.950 bits per heavy atom. The minimum absolute atomic E-state index is 0.146. The predicted octanol–water partition coefficient (Wildman–Crippen LogP) is 1.78. The second-order valence-electron chi connectivity index (χ2n) is 5.24. The minimum atomic E-state index is -0.762. The van der Waals surface area contributed by atoms with Gasteiger partial charge in [0.1, 0.15) is 0 Å². The van der Waals surface area contributed by atoms with Crippen LogP contribution < -0.4 is 22.1 Å². The van der Waals surface area contributed by atoms with Crippen molar-refractivity contribution >= 4 is 23.3 Å². The first-order valence-corrected chi connectivity index (χ1v) is 6.76. The Morgan fingerprint density at radius 2 is 1.45 bits per heavy atom. The van der Waals surface area contributed by atoms with Crippen molar-refractivity contribution in [3.8, 4) is 0 Å². The van der Waals surface area contributed by atoms with Gasteiger partial charge in [-0.2, -0.15) is 0 Å².